The number of sulfonamides is 1. The topological polar surface area (TPSA) is 99.1 Å². The van der Waals surface area contributed by atoms with Gasteiger partial charge in [-0.15, -0.1) is 0 Å². The van der Waals surface area contributed by atoms with Crippen LogP contribution >= 0.6 is 11.6 Å². The monoisotopic (exact) mass is 257 g/mol. The van der Waals surface area contributed by atoms with Gasteiger partial charge in [0.05, 0.1) is 5.02 Å². The number of nitrogens with zero attached hydrogens (tertiary/aromatic N) is 1. The summed E-state index contributed by atoms with van der Waals surface area (Å²) < 4.78 is 46.6. The summed E-state index contributed by atoms with van der Waals surface area (Å²) in [5.74, 6) is -0.390. The SMILES string of the molecule is Nc1cc(C(F)F)c(Cl)c(S(N)(=O)=O)n1. The number of hydrogen-bond donors (Lipinski definition) is 2. The Hall–Kier alpha value is -0.990. The molecule has 9 heteroatoms. The second kappa shape index (κ2) is 3.87. The number of nitrogen functional groups attached to an aromatic ring is 1. The zero-order valence-electron chi connectivity index (χ0n) is 7.12. The van der Waals surface area contributed by atoms with Crippen LogP contribution in [0.2, 0.25) is 5.02 Å². The first-order chi connectivity index (χ1) is 6.73. The van der Waals surface area contributed by atoms with Crippen LogP contribution in [0.4, 0.5) is 14.6 Å². The Kier molecular flexibility index (Phi) is 3.12. The maximum Gasteiger partial charge on any atom is 0.265 e. The molecule has 0 aromatic carbocycles. The predicted octanol–water partition coefficient (Wildman–Crippen LogP) is 0.902. The molecule has 0 bridgehead atoms. The van der Waals surface area contributed by atoms with Gasteiger partial charge in [0.15, 0.2) is 5.03 Å². The van der Waals surface area contributed by atoms with Gasteiger partial charge < -0.3 is 5.73 Å². The molecule has 0 aliphatic rings. The van der Waals surface area contributed by atoms with E-state index in [0.29, 0.717) is 0 Å². The number of halogens is 3. The highest BCUT2D eigenvalue weighted by atomic mass is 35.5. The van der Waals surface area contributed by atoms with Gasteiger partial charge >= 0.3 is 0 Å². The summed E-state index contributed by atoms with van der Waals surface area (Å²) in [5.41, 5.74) is 4.43. The highest BCUT2D eigenvalue weighted by molar-refractivity contribution is 7.89. The van der Waals surface area contributed by atoms with E-state index < -0.39 is 37.9 Å². The summed E-state index contributed by atoms with van der Waals surface area (Å²) in [6, 6.07) is 0.793. The van der Waals surface area contributed by atoms with Crippen molar-refractivity contribution in [2.75, 3.05) is 5.73 Å². The molecule has 1 aromatic rings. The summed E-state index contributed by atoms with van der Waals surface area (Å²) in [5, 5.41) is 3.17. The van der Waals surface area contributed by atoms with Gasteiger partial charge in [-0.05, 0) is 6.07 Å². The van der Waals surface area contributed by atoms with Crippen LogP contribution in [0.3, 0.4) is 0 Å². The van der Waals surface area contributed by atoms with Crippen LogP contribution < -0.4 is 10.9 Å². The van der Waals surface area contributed by atoms with Crippen LogP contribution in [0.15, 0.2) is 11.1 Å². The molecule has 5 nitrogen and oxygen atoms in total. The fourth-order valence-electron chi connectivity index (χ4n) is 0.892. The normalized spacial score (nSPS) is 12.1. The van der Waals surface area contributed by atoms with E-state index in [2.05, 4.69) is 4.98 Å². The zero-order valence-corrected chi connectivity index (χ0v) is 8.69. The molecule has 1 aromatic heterocycles. The summed E-state index contributed by atoms with van der Waals surface area (Å²) in [4.78, 5) is 3.29. The average molecular weight is 258 g/mol. The van der Waals surface area contributed by atoms with Gasteiger partial charge in [0.2, 0.25) is 0 Å². The maximum atomic E-state index is 12.4. The summed E-state index contributed by atoms with van der Waals surface area (Å²) in [7, 11) is -4.27. The molecule has 15 heavy (non-hydrogen) atoms. The van der Waals surface area contributed by atoms with Crippen molar-refractivity contribution in [3.05, 3.63) is 16.7 Å². The van der Waals surface area contributed by atoms with E-state index in [4.69, 9.17) is 22.5 Å². The molecule has 0 aliphatic heterocycles. The van der Waals surface area contributed by atoms with Crippen LogP contribution in [0.1, 0.15) is 12.0 Å². The zero-order chi connectivity index (χ0) is 11.8. The minimum atomic E-state index is -4.27. The number of nitrogens with two attached hydrogens (primary N) is 2. The summed E-state index contributed by atoms with van der Waals surface area (Å²) in [6.45, 7) is 0. The Balaban J connectivity index is 3.56. The molecule has 1 heterocycles. The third kappa shape index (κ3) is 2.52. The number of anilines is 1. The third-order valence-electron chi connectivity index (χ3n) is 1.48. The molecule has 0 atom stereocenters. The molecular formula is C6H6ClF2N3O2S. The van der Waals surface area contributed by atoms with Gasteiger partial charge in [-0.3, -0.25) is 0 Å². The Morgan fingerprint density at radius 1 is 1.47 bits per heavy atom. The standard InChI is InChI=1S/C6H6ClF2N3O2S/c7-4-2(5(8)9)1-3(10)12-6(4)15(11,13)14/h1,5H,(H2,10,12)(H2,11,13,14). The van der Waals surface area contributed by atoms with Crippen LogP contribution in [-0.4, -0.2) is 13.4 Å². The van der Waals surface area contributed by atoms with Crippen molar-refractivity contribution in [1.29, 1.82) is 0 Å². The van der Waals surface area contributed by atoms with E-state index in [1.54, 1.807) is 0 Å². The lowest BCUT2D eigenvalue weighted by atomic mass is 10.3. The lowest BCUT2D eigenvalue weighted by molar-refractivity contribution is 0.151. The smallest absolute Gasteiger partial charge is 0.265 e. The molecule has 0 aliphatic carbocycles. The van der Waals surface area contributed by atoms with Crippen molar-refractivity contribution in [3.8, 4) is 0 Å². The molecule has 4 N–H and O–H groups in total. The van der Waals surface area contributed by atoms with Gasteiger partial charge in [0.25, 0.3) is 16.4 Å². The molecule has 0 radical (unpaired) electrons. The molecule has 84 valence electrons. The fraction of sp³-hybridized carbons (Fsp3) is 0.167. The highest BCUT2D eigenvalue weighted by Gasteiger charge is 2.23. The number of hydrogen-bond acceptors (Lipinski definition) is 4. The third-order valence-corrected chi connectivity index (χ3v) is 2.82. The second-order valence-corrected chi connectivity index (χ2v) is 4.46. The van der Waals surface area contributed by atoms with Crippen LogP contribution in [0, 0.1) is 0 Å². The van der Waals surface area contributed by atoms with E-state index in [1.807, 2.05) is 0 Å². The van der Waals surface area contributed by atoms with Crippen molar-refractivity contribution in [2.24, 2.45) is 5.14 Å². The number of alkyl halides is 2. The van der Waals surface area contributed by atoms with Crippen molar-refractivity contribution >= 4 is 27.4 Å². The first-order valence-corrected chi connectivity index (χ1v) is 5.42. The van der Waals surface area contributed by atoms with E-state index in [0.717, 1.165) is 6.07 Å². The van der Waals surface area contributed by atoms with E-state index in [9.17, 15) is 17.2 Å². The van der Waals surface area contributed by atoms with Crippen molar-refractivity contribution in [2.45, 2.75) is 11.5 Å². The summed E-state index contributed by atoms with van der Waals surface area (Å²) >= 11 is 5.40. The molecule has 0 amide bonds. The summed E-state index contributed by atoms with van der Waals surface area (Å²) in [6.07, 6.45) is -2.96. The lowest BCUT2D eigenvalue weighted by Crippen LogP contribution is -2.16. The number of rotatable bonds is 2. The molecule has 0 saturated heterocycles. The van der Waals surface area contributed by atoms with Crippen LogP contribution in [0.25, 0.3) is 0 Å². The van der Waals surface area contributed by atoms with E-state index in [1.165, 1.54) is 0 Å². The van der Waals surface area contributed by atoms with E-state index in [-0.39, 0.29) is 0 Å². The Labute approximate surface area is 89.1 Å². The Morgan fingerprint density at radius 3 is 2.40 bits per heavy atom. The number of aromatic nitrogens is 1. The Bertz CT molecular complexity index is 491. The van der Waals surface area contributed by atoms with Crippen LogP contribution in [0.5, 0.6) is 0 Å². The minimum absolute atomic E-state index is 0.390. The number of primary sulfonamides is 1. The van der Waals surface area contributed by atoms with E-state index >= 15 is 0 Å². The van der Waals surface area contributed by atoms with Crippen LogP contribution in [-0.2, 0) is 10.0 Å². The predicted molar refractivity (Wildman–Crippen MR) is 50.0 cm³/mol. The molecule has 0 spiro atoms. The Morgan fingerprint density at radius 2 is 2.00 bits per heavy atom. The molecular weight excluding hydrogens is 252 g/mol. The molecule has 0 fully saturated rings. The van der Waals surface area contributed by atoms with Crippen molar-refractivity contribution < 1.29 is 17.2 Å². The van der Waals surface area contributed by atoms with Gasteiger partial charge in [-0.25, -0.2) is 27.3 Å². The minimum Gasteiger partial charge on any atom is -0.384 e. The van der Waals surface area contributed by atoms with Gasteiger partial charge in [0, 0.05) is 5.56 Å². The maximum absolute atomic E-state index is 12.4. The first kappa shape index (κ1) is 12.1. The quantitative estimate of drug-likeness (QED) is 0.822. The van der Waals surface area contributed by atoms with Gasteiger partial charge in [-0.1, -0.05) is 11.6 Å². The highest BCUT2D eigenvalue weighted by Crippen LogP contribution is 2.31. The molecule has 0 saturated carbocycles. The second-order valence-electron chi connectivity index (χ2n) is 2.60. The largest absolute Gasteiger partial charge is 0.384 e. The molecule has 0 unspecified atom stereocenters. The molecule has 1 rings (SSSR count). The van der Waals surface area contributed by atoms with Gasteiger partial charge in [-0.2, -0.15) is 0 Å². The average Bonchev–Trinajstić information content (AvgIpc) is 2.06. The lowest BCUT2D eigenvalue weighted by Gasteiger charge is -2.07. The number of pyridine rings is 1. The van der Waals surface area contributed by atoms with Crippen molar-refractivity contribution in [1.82, 2.24) is 4.98 Å². The van der Waals surface area contributed by atoms with Crippen molar-refractivity contribution in [3.63, 3.8) is 0 Å². The first-order valence-electron chi connectivity index (χ1n) is 3.50. The van der Waals surface area contributed by atoms with Gasteiger partial charge in [0.1, 0.15) is 5.82 Å². The fourth-order valence-corrected chi connectivity index (χ4v) is 1.99.